The smallest absolute Gasteiger partial charge is 0.258 e. The first kappa shape index (κ1) is 11.7. The minimum atomic E-state index is -3.66. The first-order chi connectivity index (χ1) is 6.97. The van der Waals surface area contributed by atoms with Gasteiger partial charge in [-0.25, -0.2) is 8.42 Å². The van der Waals surface area contributed by atoms with Crippen molar-refractivity contribution in [3.8, 4) is 6.07 Å². The van der Waals surface area contributed by atoms with E-state index in [1.54, 1.807) is 13.8 Å². The zero-order valence-corrected chi connectivity index (χ0v) is 9.25. The van der Waals surface area contributed by atoms with Crippen LogP contribution >= 0.6 is 0 Å². The fourth-order valence-corrected chi connectivity index (χ4v) is 2.13. The third kappa shape index (κ3) is 2.78. The molecule has 0 aliphatic carbocycles. The summed E-state index contributed by atoms with van der Waals surface area (Å²) in [7, 11) is -3.66. The van der Waals surface area contributed by atoms with E-state index >= 15 is 0 Å². The van der Waals surface area contributed by atoms with E-state index in [1.807, 2.05) is 6.07 Å². The number of nitrogens with zero attached hydrogens (tertiary/aromatic N) is 2. The normalized spacial score (nSPS) is 13.7. The van der Waals surface area contributed by atoms with Crippen LogP contribution in [0.1, 0.15) is 13.8 Å². The average Bonchev–Trinajstić information content (AvgIpc) is 2.67. The van der Waals surface area contributed by atoms with Gasteiger partial charge in [-0.05, 0) is 12.0 Å². The third-order valence-corrected chi connectivity index (χ3v) is 3.22. The quantitative estimate of drug-likeness (QED) is 0.770. The molecule has 1 rings (SSSR count). The van der Waals surface area contributed by atoms with E-state index in [1.165, 1.54) is 12.3 Å². The molecule has 1 atom stereocenters. The fourth-order valence-electron chi connectivity index (χ4n) is 0.935. The van der Waals surface area contributed by atoms with Gasteiger partial charge in [0, 0.05) is 0 Å². The number of sulfonamides is 1. The molecular weight excluding hydrogens is 216 g/mol. The maximum atomic E-state index is 11.6. The second-order valence-electron chi connectivity index (χ2n) is 3.39. The SMILES string of the molecule is CC(C)C(C#N)NS(=O)(=O)c1ccn[nH]1. The lowest BCUT2D eigenvalue weighted by atomic mass is 10.1. The Hall–Kier alpha value is -1.39. The van der Waals surface area contributed by atoms with Crippen LogP contribution in [0.2, 0.25) is 0 Å². The van der Waals surface area contributed by atoms with E-state index in [9.17, 15) is 8.42 Å². The van der Waals surface area contributed by atoms with Crippen molar-refractivity contribution >= 4 is 10.0 Å². The van der Waals surface area contributed by atoms with Crippen LogP contribution < -0.4 is 4.72 Å². The van der Waals surface area contributed by atoms with E-state index in [0.29, 0.717) is 0 Å². The Kier molecular flexibility index (Phi) is 3.44. The lowest BCUT2D eigenvalue weighted by molar-refractivity contribution is 0.513. The maximum Gasteiger partial charge on any atom is 0.258 e. The predicted octanol–water partition coefficient (Wildman–Crippen LogP) is 0.236. The molecular formula is C8H12N4O2S. The molecule has 0 aliphatic heterocycles. The molecule has 0 spiro atoms. The molecule has 0 bridgehead atoms. The summed E-state index contributed by atoms with van der Waals surface area (Å²) in [6.07, 6.45) is 1.34. The second-order valence-corrected chi connectivity index (χ2v) is 5.08. The average molecular weight is 228 g/mol. The third-order valence-electron chi connectivity index (χ3n) is 1.85. The number of hydrogen-bond donors (Lipinski definition) is 2. The van der Waals surface area contributed by atoms with Gasteiger partial charge in [0.15, 0.2) is 5.03 Å². The summed E-state index contributed by atoms with van der Waals surface area (Å²) in [6.45, 7) is 3.53. The van der Waals surface area contributed by atoms with Gasteiger partial charge in [0.1, 0.15) is 6.04 Å². The first-order valence-electron chi connectivity index (χ1n) is 4.38. The molecule has 0 aromatic carbocycles. The predicted molar refractivity (Wildman–Crippen MR) is 53.1 cm³/mol. The molecule has 0 fully saturated rings. The standard InChI is InChI=1S/C8H12N4O2S/c1-6(2)7(5-9)12-15(13,14)8-3-4-10-11-8/h3-4,6-7,12H,1-2H3,(H,10,11). The Balaban J connectivity index is 2.87. The largest absolute Gasteiger partial charge is 0.266 e. The van der Waals surface area contributed by atoms with Crippen LogP contribution in [0.25, 0.3) is 0 Å². The van der Waals surface area contributed by atoms with Gasteiger partial charge >= 0.3 is 0 Å². The number of aromatic nitrogens is 2. The molecule has 0 radical (unpaired) electrons. The number of nitrogens with one attached hydrogen (secondary N) is 2. The first-order valence-corrected chi connectivity index (χ1v) is 5.87. The van der Waals surface area contributed by atoms with Crippen molar-refractivity contribution in [3.63, 3.8) is 0 Å². The van der Waals surface area contributed by atoms with Gasteiger partial charge in [-0.15, -0.1) is 0 Å². The molecule has 6 nitrogen and oxygen atoms in total. The Morgan fingerprint density at radius 2 is 2.27 bits per heavy atom. The van der Waals surface area contributed by atoms with E-state index in [2.05, 4.69) is 14.9 Å². The van der Waals surface area contributed by atoms with Crippen molar-refractivity contribution in [3.05, 3.63) is 12.3 Å². The lowest BCUT2D eigenvalue weighted by Crippen LogP contribution is -2.37. The van der Waals surface area contributed by atoms with Gasteiger partial charge in [-0.1, -0.05) is 13.8 Å². The molecule has 1 unspecified atom stereocenters. The van der Waals surface area contributed by atoms with Crippen molar-refractivity contribution in [1.29, 1.82) is 5.26 Å². The summed E-state index contributed by atoms with van der Waals surface area (Å²) in [4.78, 5) is 0. The number of hydrogen-bond acceptors (Lipinski definition) is 4. The number of H-pyrrole nitrogens is 1. The van der Waals surface area contributed by atoms with Gasteiger partial charge < -0.3 is 0 Å². The van der Waals surface area contributed by atoms with Crippen LogP contribution in [0.4, 0.5) is 0 Å². The monoisotopic (exact) mass is 228 g/mol. The summed E-state index contributed by atoms with van der Waals surface area (Å²) in [5.41, 5.74) is 0. The van der Waals surface area contributed by atoms with Gasteiger partial charge in [-0.3, -0.25) is 5.10 Å². The van der Waals surface area contributed by atoms with Crippen LogP contribution in [0.3, 0.4) is 0 Å². The van der Waals surface area contributed by atoms with Crippen molar-refractivity contribution in [1.82, 2.24) is 14.9 Å². The summed E-state index contributed by atoms with van der Waals surface area (Å²) >= 11 is 0. The molecule has 15 heavy (non-hydrogen) atoms. The molecule has 0 amide bonds. The highest BCUT2D eigenvalue weighted by Crippen LogP contribution is 2.07. The van der Waals surface area contributed by atoms with Gasteiger partial charge in [0.05, 0.1) is 12.3 Å². The summed E-state index contributed by atoms with van der Waals surface area (Å²) < 4.78 is 25.6. The Labute approximate surface area is 88.4 Å². The zero-order chi connectivity index (χ0) is 11.5. The molecule has 1 aromatic rings. The van der Waals surface area contributed by atoms with Crippen LogP contribution in [0, 0.1) is 17.2 Å². The number of nitriles is 1. The van der Waals surface area contributed by atoms with Crippen molar-refractivity contribution < 1.29 is 8.42 Å². The minimum Gasteiger partial charge on any atom is -0.266 e. The van der Waals surface area contributed by atoms with E-state index in [4.69, 9.17) is 5.26 Å². The lowest BCUT2D eigenvalue weighted by Gasteiger charge is -2.13. The molecule has 0 aliphatic rings. The molecule has 0 saturated heterocycles. The zero-order valence-electron chi connectivity index (χ0n) is 8.43. The Morgan fingerprint density at radius 1 is 1.60 bits per heavy atom. The summed E-state index contributed by atoms with van der Waals surface area (Å²) in [5.74, 6) is -0.0901. The summed E-state index contributed by atoms with van der Waals surface area (Å²) in [6, 6.07) is 2.49. The van der Waals surface area contributed by atoms with E-state index in [-0.39, 0.29) is 10.9 Å². The highest BCUT2D eigenvalue weighted by molar-refractivity contribution is 7.89. The van der Waals surface area contributed by atoms with E-state index < -0.39 is 16.1 Å². The Morgan fingerprint density at radius 3 is 2.67 bits per heavy atom. The Bertz CT molecular complexity index is 443. The maximum absolute atomic E-state index is 11.6. The minimum absolute atomic E-state index is 0.0385. The fraction of sp³-hybridized carbons (Fsp3) is 0.500. The van der Waals surface area contributed by atoms with E-state index in [0.717, 1.165) is 0 Å². The van der Waals surface area contributed by atoms with Crippen LogP contribution in [-0.2, 0) is 10.0 Å². The molecule has 0 saturated carbocycles. The topological polar surface area (TPSA) is 98.6 Å². The number of aromatic amines is 1. The van der Waals surface area contributed by atoms with Crippen molar-refractivity contribution in [2.45, 2.75) is 24.9 Å². The molecule has 1 aromatic heterocycles. The van der Waals surface area contributed by atoms with Crippen LogP contribution in [0.15, 0.2) is 17.3 Å². The highest BCUT2D eigenvalue weighted by Gasteiger charge is 2.22. The van der Waals surface area contributed by atoms with Crippen LogP contribution in [-0.4, -0.2) is 24.7 Å². The van der Waals surface area contributed by atoms with Crippen molar-refractivity contribution in [2.24, 2.45) is 5.92 Å². The summed E-state index contributed by atoms with van der Waals surface area (Å²) in [5, 5.41) is 14.6. The van der Waals surface area contributed by atoms with Gasteiger partial charge in [0.2, 0.25) is 0 Å². The van der Waals surface area contributed by atoms with Crippen molar-refractivity contribution in [2.75, 3.05) is 0 Å². The second kappa shape index (κ2) is 4.42. The van der Waals surface area contributed by atoms with Gasteiger partial charge in [0.25, 0.3) is 10.0 Å². The number of rotatable bonds is 4. The molecule has 82 valence electrons. The van der Waals surface area contributed by atoms with Gasteiger partial charge in [-0.2, -0.15) is 15.1 Å². The molecule has 1 heterocycles. The van der Waals surface area contributed by atoms with Crippen LogP contribution in [0.5, 0.6) is 0 Å². The highest BCUT2D eigenvalue weighted by atomic mass is 32.2. The molecule has 7 heteroatoms. The molecule has 2 N–H and O–H groups in total.